The summed E-state index contributed by atoms with van der Waals surface area (Å²) in [6.07, 6.45) is 9.34. The van der Waals surface area contributed by atoms with Crippen LogP contribution < -0.4 is 15.7 Å². The number of nitrogens with one attached hydrogen (secondary N) is 1. The van der Waals surface area contributed by atoms with Crippen LogP contribution in [0, 0.1) is 5.92 Å². The van der Waals surface area contributed by atoms with Gasteiger partial charge in [0, 0.05) is 44.3 Å². The van der Waals surface area contributed by atoms with Crippen LogP contribution in [-0.2, 0) is 6.54 Å². The average Bonchev–Trinajstić information content (AvgIpc) is 3.08. The molecule has 7 heteroatoms. The van der Waals surface area contributed by atoms with Gasteiger partial charge in [0.2, 0.25) is 0 Å². The first-order valence-corrected chi connectivity index (χ1v) is 9.47. The molecular formula is C19H25BN6. The highest BCUT2D eigenvalue weighted by atomic mass is 15.3. The van der Waals surface area contributed by atoms with Crippen LogP contribution in [0.4, 0.5) is 11.6 Å². The predicted molar refractivity (Wildman–Crippen MR) is 108 cm³/mol. The Hall–Kier alpha value is -2.57. The molecule has 6 nitrogen and oxygen atoms in total. The number of nitrogens with zero attached hydrogens (tertiary/aromatic N) is 5. The second kappa shape index (κ2) is 7.36. The standard InChI is InChI=1S/C19H25BN6/c1-2-14-5-8-25(9-6-14)18-10-17(22-12-15-4-3-7-21-11-15)26-19(24-18)16(20)13-23-26/h3-4,7,10-11,13-14,22H,2,5-6,8-9,12,20H2,1H3. The van der Waals surface area contributed by atoms with Crippen LogP contribution in [0.1, 0.15) is 31.7 Å². The van der Waals surface area contributed by atoms with E-state index in [1.165, 1.54) is 19.3 Å². The van der Waals surface area contributed by atoms with Crippen molar-refractivity contribution < 1.29 is 0 Å². The number of fused-ring (bicyclic) bond motifs is 1. The van der Waals surface area contributed by atoms with E-state index in [0.29, 0.717) is 6.54 Å². The zero-order chi connectivity index (χ0) is 17.9. The molecule has 3 aromatic heterocycles. The normalized spacial score (nSPS) is 15.5. The van der Waals surface area contributed by atoms with E-state index in [4.69, 9.17) is 4.98 Å². The summed E-state index contributed by atoms with van der Waals surface area (Å²) in [7, 11) is 2.06. The molecule has 0 saturated carbocycles. The lowest BCUT2D eigenvalue weighted by Crippen LogP contribution is -2.34. The zero-order valence-electron chi connectivity index (χ0n) is 15.5. The molecule has 3 aromatic rings. The Labute approximate surface area is 155 Å². The topological polar surface area (TPSA) is 58.4 Å². The van der Waals surface area contributed by atoms with E-state index >= 15 is 0 Å². The lowest BCUT2D eigenvalue weighted by Gasteiger charge is -2.32. The van der Waals surface area contributed by atoms with E-state index in [9.17, 15) is 0 Å². The molecule has 0 spiro atoms. The molecule has 0 aliphatic carbocycles. The summed E-state index contributed by atoms with van der Waals surface area (Å²) in [5.74, 6) is 2.87. The van der Waals surface area contributed by atoms with Gasteiger partial charge < -0.3 is 10.2 Å². The maximum absolute atomic E-state index is 4.90. The Morgan fingerprint density at radius 2 is 2.12 bits per heavy atom. The van der Waals surface area contributed by atoms with Crippen LogP contribution in [0.3, 0.4) is 0 Å². The van der Waals surface area contributed by atoms with Crippen LogP contribution >= 0.6 is 0 Å². The van der Waals surface area contributed by atoms with E-state index < -0.39 is 0 Å². The SMILES string of the molecule is Bc1cnn2c(NCc3cccnc3)cc(N3CCC(CC)CC3)nc12. The van der Waals surface area contributed by atoms with E-state index in [-0.39, 0.29) is 0 Å². The van der Waals surface area contributed by atoms with Crippen molar-refractivity contribution in [3.05, 3.63) is 42.4 Å². The summed E-state index contributed by atoms with van der Waals surface area (Å²) in [5.41, 5.74) is 3.17. The van der Waals surface area contributed by atoms with Gasteiger partial charge >= 0.3 is 0 Å². The average molecular weight is 348 g/mol. The molecule has 0 radical (unpaired) electrons. The lowest BCUT2D eigenvalue weighted by molar-refractivity contribution is 0.394. The molecule has 0 aromatic carbocycles. The number of anilines is 2. The number of rotatable bonds is 5. The third-order valence-electron chi connectivity index (χ3n) is 5.35. The van der Waals surface area contributed by atoms with Crippen LogP contribution in [0.5, 0.6) is 0 Å². The fraction of sp³-hybridized carbons (Fsp3) is 0.421. The first-order chi connectivity index (χ1) is 12.7. The third-order valence-corrected chi connectivity index (χ3v) is 5.35. The van der Waals surface area contributed by atoms with Gasteiger partial charge in [-0.25, -0.2) is 4.98 Å². The van der Waals surface area contributed by atoms with Crippen molar-refractivity contribution in [2.45, 2.75) is 32.7 Å². The molecule has 1 saturated heterocycles. The Morgan fingerprint density at radius 3 is 2.85 bits per heavy atom. The number of hydrogen-bond donors (Lipinski definition) is 1. The van der Waals surface area contributed by atoms with E-state index in [0.717, 1.165) is 47.3 Å². The molecule has 0 bridgehead atoms. The number of piperidine rings is 1. The molecule has 1 fully saturated rings. The third kappa shape index (κ3) is 3.38. The monoisotopic (exact) mass is 348 g/mol. The van der Waals surface area contributed by atoms with Gasteiger partial charge in [-0.1, -0.05) is 19.4 Å². The molecule has 0 atom stereocenters. The molecule has 26 heavy (non-hydrogen) atoms. The van der Waals surface area contributed by atoms with Gasteiger partial charge in [0.25, 0.3) is 0 Å². The Kier molecular flexibility index (Phi) is 4.78. The van der Waals surface area contributed by atoms with Gasteiger partial charge in [0.05, 0.1) is 0 Å². The number of aromatic nitrogens is 4. The van der Waals surface area contributed by atoms with Crippen molar-refractivity contribution in [1.82, 2.24) is 19.6 Å². The first kappa shape index (κ1) is 16.9. The first-order valence-electron chi connectivity index (χ1n) is 9.47. The van der Waals surface area contributed by atoms with Crippen molar-refractivity contribution >= 4 is 30.6 Å². The van der Waals surface area contributed by atoms with E-state index in [2.05, 4.69) is 47.2 Å². The Morgan fingerprint density at radius 1 is 1.27 bits per heavy atom. The maximum atomic E-state index is 4.90. The van der Waals surface area contributed by atoms with Crippen molar-refractivity contribution in [2.75, 3.05) is 23.3 Å². The van der Waals surface area contributed by atoms with Crippen LogP contribution in [-0.4, -0.2) is 40.5 Å². The smallest absolute Gasteiger partial charge is 0.153 e. The number of hydrogen-bond acceptors (Lipinski definition) is 5. The lowest BCUT2D eigenvalue weighted by atomic mass is 9.94. The molecule has 0 unspecified atom stereocenters. The second-order valence-corrected chi connectivity index (χ2v) is 7.12. The van der Waals surface area contributed by atoms with Gasteiger partial charge in [-0.05, 0) is 35.9 Å². The van der Waals surface area contributed by atoms with Gasteiger partial charge in [0.1, 0.15) is 19.5 Å². The van der Waals surface area contributed by atoms with E-state index in [1.54, 1.807) is 6.20 Å². The molecule has 4 heterocycles. The minimum atomic E-state index is 0.712. The highest BCUT2D eigenvalue weighted by molar-refractivity contribution is 6.36. The van der Waals surface area contributed by atoms with Crippen LogP contribution in [0.25, 0.3) is 5.65 Å². The summed E-state index contributed by atoms with van der Waals surface area (Å²) < 4.78 is 1.90. The molecule has 134 valence electrons. The fourth-order valence-corrected chi connectivity index (χ4v) is 3.61. The van der Waals surface area contributed by atoms with Crippen LogP contribution in [0.2, 0.25) is 0 Å². The van der Waals surface area contributed by atoms with Crippen molar-refractivity contribution in [3.63, 3.8) is 0 Å². The molecule has 1 aliphatic rings. The van der Waals surface area contributed by atoms with Crippen molar-refractivity contribution in [3.8, 4) is 0 Å². The van der Waals surface area contributed by atoms with Crippen molar-refractivity contribution in [1.29, 1.82) is 0 Å². The van der Waals surface area contributed by atoms with Gasteiger partial charge in [0.15, 0.2) is 5.65 Å². The maximum Gasteiger partial charge on any atom is 0.153 e. The molecule has 1 N–H and O–H groups in total. The zero-order valence-corrected chi connectivity index (χ0v) is 15.5. The molecular weight excluding hydrogens is 323 g/mol. The summed E-state index contributed by atoms with van der Waals surface area (Å²) in [6.45, 7) is 5.16. The molecule has 4 rings (SSSR count). The highest BCUT2D eigenvalue weighted by Crippen LogP contribution is 2.26. The van der Waals surface area contributed by atoms with Gasteiger partial charge in [-0.2, -0.15) is 9.61 Å². The minimum absolute atomic E-state index is 0.712. The summed E-state index contributed by atoms with van der Waals surface area (Å²) in [5, 5.41) is 8.01. The Bertz CT molecular complexity index is 870. The summed E-state index contributed by atoms with van der Waals surface area (Å²) >= 11 is 0. The van der Waals surface area contributed by atoms with Crippen LogP contribution in [0.15, 0.2) is 36.8 Å². The number of pyridine rings is 1. The Balaban J connectivity index is 1.61. The minimum Gasteiger partial charge on any atom is -0.366 e. The quantitative estimate of drug-likeness (QED) is 0.710. The second-order valence-electron chi connectivity index (χ2n) is 7.12. The highest BCUT2D eigenvalue weighted by Gasteiger charge is 2.20. The molecule has 1 aliphatic heterocycles. The predicted octanol–water partition coefficient (Wildman–Crippen LogP) is 1.62. The largest absolute Gasteiger partial charge is 0.366 e. The van der Waals surface area contributed by atoms with Gasteiger partial charge in [-0.3, -0.25) is 4.98 Å². The molecule has 0 amide bonds. The van der Waals surface area contributed by atoms with Gasteiger partial charge in [-0.15, -0.1) is 0 Å². The van der Waals surface area contributed by atoms with E-state index in [1.807, 2.05) is 23.0 Å². The summed E-state index contributed by atoms with van der Waals surface area (Å²) in [6, 6.07) is 6.16. The summed E-state index contributed by atoms with van der Waals surface area (Å²) in [4.78, 5) is 11.5. The van der Waals surface area contributed by atoms with Crippen molar-refractivity contribution in [2.24, 2.45) is 5.92 Å². The fourth-order valence-electron chi connectivity index (χ4n) is 3.61.